The van der Waals surface area contributed by atoms with Crippen molar-refractivity contribution in [2.45, 2.75) is 19.3 Å². The van der Waals surface area contributed by atoms with Crippen LogP contribution in [-0.4, -0.2) is 27.8 Å². The van der Waals surface area contributed by atoms with Crippen LogP contribution >= 0.6 is 0 Å². The molecule has 0 amide bonds. The minimum atomic E-state index is -3.22. The number of rotatable bonds is 9. The highest BCUT2D eigenvalue weighted by molar-refractivity contribution is 7.89. The van der Waals surface area contributed by atoms with Gasteiger partial charge in [-0.15, -0.1) is 0 Å². The molecule has 0 fully saturated rings. The molecule has 23 heavy (non-hydrogen) atoms. The molecular weight excluding hydrogens is 310 g/mol. The number of methoxy groups -OCH3 is 1. The van der Waals surface area contributed by atoms with Gasteiger partial charge in [0.15, 0.2) is 0 Å². The Morgan fingerprint density at radius 2 is 1.70 bits per heavy atom. The molecule has 5 heteroatoms. The maximum atomic E-state index is 12.0. The van der Waals surface area contributed by atoms with Crippen LogP contribution in [0.5, 0.6) is 5.75 Å². The van der Waals surface area contributed by atoms with Crippen molar-refractivity contribution >= 4 is 10.0 Å². The Balaban J connectivity index is 1.73. The molecule has 1 N–H and O–H groups in total. The standard InChI is InChI=1S/C18H23NO3S/c1-22-18-11-5-9-17(15-18)12-13-19-23(20,21)14-6-10-16-7-3-2-4-8-16/h2-5,7-9,11,15,19H,6,10,12-14H2,1H3. The van der Waals surface area contributed by atoms with E-state index in [0.717, 1.165) is 17.7 Å². The molecule has 0 heterocycles. The van der Waals surface area contributed by atoms with Crippen LogP contribution in [0.15, 0.2) is 54.6 Å². The van der Waals surface area contributed by atoms with Gasteiger partial charge in [0.05, 0.1) is 12.9 Å². The van der Waals surface area contributed by atoms with E-state index in [4.69, 9.17) is 4.74 Å². The summed E-state index contributed by atoms with van der Waals surface area (Å²) < 4.78 is 31.8. The predicted octanol–water partition coefficient (Wildman–Crippen LogP) is 2.79. The van der Waals surface area contributed by atoms with E-state index >= 15 is 0 Å². The van der Waals surface area contributed by atoms with Crippen LogP contribution in [0.3, 0.4) is 0 Å². The lowest BCUT2D eigenvalue weighted by Gasteiger charge is -2.08. The van der Waals surface area contributed by atoms with Gasteiger partial charge < -0.3 is 4.74 Å². The van der Waals surface area contributed by atoms with Gasteiger partial charge in [0.2, 0.25) is 10.0 Å². The lowest BCUT2D eigenvalue weighted by Crippen LogP contribution is -2.28. The van der Waals surface area contributed by atoms with E-state index in [2.05, 4.69) is 4.72 Å². The van der Waals surface area contributed by atoms with E-state index in [-0.39, 0.29) is 5.75 Å². The zero-order valence-corrected chi connectivity index (χ0v) is 14.2. The third kappa shape index (κ3) is 6.42. The summed E-state index contributed by atoms with van der Waals surface area (Å²) in [6, 6.07) is 17.6. The average Bonchev–Trinajstić information content (AvgIpc) is 2.56. The van der Waals surface area contributed by atoms with Crippen LogP contribution in [0, 0.1) is 0 Å². The number of benzene rings is 2. The van der Waals surface area contributed by atoms with Gasteiger partial charge in [0, 0.05) is 6.54 Å². The fourth-order valence-electron chi connectivity index (χ4n) is 2.36. The molecule has 0 radical (unpaired) electrons. The predicted molar refractivity (Wildman–Crippen MR) is 93.3 cm³/mol. The van der Waals surface area contributed by atoms with Crippen LogP contribution in [0.1, 0.15) is 17.5 Å². The Kier molecular flexibility index (Phi) is 6.62. The van der Waals surface area contributed by atoms with Crippen LogP contribution < -0.4 is 9.46 Å². The highest BCUT2D eigenvalue weighted by atomic mass is 32.2. The van der Waals surface area contributed by atoms with Crippen molar-refractivity contribution in [2.75, 3.05) is 19.4 Å². The van der Waals surface area contributed by atoms with E-state index in [9.17, 15) is 8.42 Å². The van der Waals surface area contributed by atoms with E-state index in [1.807, 2.05) is 54.6 Å². The molecule has 2 rings (SSSR count). The average molecular weight is 333 g/mol. The first-order valence-corrected chi connectivity index (χ1v) is 9.38. The monoisotopic (exact) mass is 333 g/mol. The van der Waals surface area contributed by atoms with Crippen LogP contribution in [0.2, 0.25) is 0 Å². The first kappa shape index (κ1) is 17.5. The summed E-state index contributed by atoms with van der Waals surface area (Å²) >= 11 is 0. The van der Waals surface area contributed by atoms with Crippen molar-refractivity contribution in [3.8, 4) is 5.75 Å². The van der Waals surface area contributed by atoms with Crippen molar-refractivity contribution in [1.29, 1.82) is 0 Å². The highest BCUT2D eigenvalue weighted by Crippen LogP contribution is 2.12. The van der Waals surface area contributed by atoms with Gasteiger partial charge in [0.1, 0.15) is 5.75 Å². The Morgan fingerprint density at radius 3 is 2.43 bits per heavy atom. The fourth-order valence-corrected chi connectivity index (χ4v) is 3.44. The van der Waals surface area contributed by atoms with Gasteiger partial charge in [-0.3, -0.25) is 0 Å². The largest absolute Gasteiger partial charge is 0.497 e. The molecule has 0 spiro atoms. The maximum Gasteiger partial charge on any atom is 0.211 e. The second kappa shape index (κ2) is 8.70. The van der Waals surface area contributed by atoms with Crippen molar-refractivity contribution in [3.05, 3.63) is 65.7 Å². The van der Waals surface area contributed by atoms with Gasteiger partial charge >= 0.3 is 0 Å². The molecule has 0 aliphatic rings. The molecule has 124 valence electrons. The van der Waals surface area contributed by atoms with Crippen LogP contribution in [0.25, 0.3) is 0 Å². The van der Waals surface area contributed by atoms with Gasteiger partial charge in [-0.2, -0.15) is 0 Å². The van der Waals surface area contributed by atoms with Crippen LogP contribution in [0.4, 0.5) is 0 Å². The molecule has 2 aromatic carbocycles. The second-order valence-electron chi connectivity index (χ2n) is 5.40. The molecule has 0 bridgehead atoms. The van der Waals surface area contributed by atoms with E-state index < -0.39 is 10.0 Å². The van der Waals surface area contributed by atoms with Gasteiger partial charge in [-0.1, -0.05) is 42.5 Å². The van der Waals surface area contributed by atoms with E-state index in [1.54, 1.807) is 7.11 Å². The lowest BCUT2D eigenvalue weighted by atomic mass is 10.1. The number of sulfonamides is 1. The molecule has 0 saturated carbocycles. The van der Waals surface area contributed by atoms with Gasteiger partial charge in [0.25, 0.3) is 0 Å². The summed E-state index contributed by atoms with van der Waals surface area (Å²) in [6.07, 6.45) is 2.05. The van der Waals surface area contributed by atoms with E-state index in [1.165, 1.54) is 5.56 Å². The van der Waals surface area contributed by atoms with Crippen molar-refractivity contribution in [2.24, 2.45) is 0 Å². The van der Waals surface area contributed by atoms with Gasteiger partial charge in [-0.25, -0.2) is 13.1 Å². The molecule has 0 saturated heterocycles. The Labute approximate surface area is 138 Å². The molecule has 0 unspecified atom stereocenters. The Morgan fingerprint density at radius 1 is 0.957 bits per heavy atom. The summed E-state index contributed by atoms with van der Waals surface area (Å²) in [6.45, 7) is 0.404. The molecule has 0 atom stereocenters. The summed E-state index contributed by atoms with van der Waals surface area (Å²) in [7, 11) is -1.60. The number of hydrogen-bond donors (Lipinski definition) is 1. The normalized spacial score (nSPS) is 11.3. The van der Waals surface area contributed by atoms with E-state index in [0.29, 0.717) is 19.4 Å². The van der Waals surface area contributed by atoms with Crippen molar-refractivity contribution in [1.82, 2.24) is 4.72 Å². The summed E-state index contributed by atoms with van der Waals surface area (Å²) in [5, 5.41) is 0. The third-order valence-corrected chi connectivity index (χ3v) is 5.06. The summed E-state index contributed by atoms with van der Waals surface area (Å²) in [5.74, 6) is 0.938. The lowest BCUT2D eigenvalue weighted by molar-refractivity contribution is 0.414. The summed E-state index contributed by atoms with van der Waals surface area (Å²) in [4.78, 5) is 0. The zero-order valence-electron chi connectivity index (χ0n) is 13.4. The number of aryl methyl sites for hydroxylation is 1. The Hall–Kier alpha value is -1.85. The molecule has 0 aliphatic carbocycles. The molecule has 0 aliphatic heterocycles. The number of ether oxygens (including phenoxy) is 1. The smallest absolute Gasteiger partial charge is 0.211 e. The fraction of sp³-hybridized carbons (Fsp3) is 0.333. The maximum absolute atomic E-state index is 12.0. The topological polar surface area (TPSA) is 55.4 Å². The molecular formula is C18H23NO3S. The zero-order chi connectivity index (χ0) is 16.5. The number of nitrogens with one attached hydrogen (secondary N) is 1. The SMILES string of the molecule is COc1cccc(CCNS(=O)(=O)CCCc2ccccc2)c1. The Bertz CT molecular complexity index is 699. The first-order valence-electron chi connectivity index (χ1n) is 7.73. The third-order valence-electron chi connectivity index (χ3n) is 3.59. The van der Waals surface area contributed by atoms with Crippen molar-refractivity contribution in [3.63, 3.8) is 0 Å². The summed E-state index contributed by atoms with van der Waals surface area (Å²) in [5.41, 5.74) is 2.22. The minimum Gasteiger partial charge on any atom is -0.497 e. The minimum absolute atomic E-state index is 0.153. The highest BCUT2D eigenvalue weighted by Gasteiger charge is 2.09. The molecule has 2 aromatic rings. The first-order chi connectivity index (χ1) is 11.1. The second-order valence-corrected chi connectivity index (χ2v) is 7.33. The quantitative estimate of drug-likeness (QED) is 0.768. The van der Waals surface area contributed by atoms with Crippen LogP contribution in [-0.2, 0) is 22.9 Å². The molecule has 4 nitrogen and oxygen atoms in total. The number of hydrogen-bond acceptors (Lipinski definition) is 3. The van der Waals surface area contributed by atoms with Gasteiger partial charge in [-0.05, 0) is 42.5 Å². The van der Waals surface area contributed by atoms with Crippen molar-refractivity contribution < 1.29 is 13.2 Å². The molecule has 0 aromatic heterocycles.